The first-order chi connectivity index (χ1) is 29.9. The van der Waals surface area contributed by atoms with Crippen molar-refractivity contribution in [1.82, 2.24) is 9.13 Å². The Bertz CT molecular complexity index is 3670. The average molecular weight is 776 g/mol. The fourth-order valence-electron chi connectivity index (χ4n) is 8.71. The standard InChI is InChI=1S/C54H29N7/c1-33-12-17-51(60-49-10-6-4-8-43(49)47-28-37(14-18-52(47)60)39-21-35(31-56)23-41(26-39)58-2)46(20-33)45-16-13-34(30-55)25-54(45)61-50-11-7-5-9-44(50)48-29-38(15-19-53(48)61)40-22-36(32-57)24-42(27-40)59-3/h4-29H,1H3. The van der Waals surface area contributed by atoms with Crippen LogP contribution in [-0.4, -0.2) is 9.13 Å². The monoisotopic (exact) mass is 775 g/mol. The van der Waals surface area contributed by atoms with Crippen molar-refractivity contribution in [3.8, 4) is 63.0 Å². The number of benzene rings is 8. The first-order valence-corrected chi connectivity index (χ1v) is 19.5. The van der Waals surface area contributed by atoms with Crippen LogP contribution in [0.15, 0.2) is 158 Å². The molecule has 0 bridgehead atoms. The van der Waals surface area contributed by atoms with Gasteiger partial charge in [-0.2, -0.15) is 15.8 Å². The number of aryl methyl sites for hydroxylation is 1. The van der Waals surface area contributed by atoms with E-state index in [1.54, 1.807) is 12.1 Å². The van der Waals surface area contributed by atoms with E-state index in [1.165, 1.54) is 0 Å². The minimum Gasteiger partial charge on any atom is -0.309 e. The molecule has 0 saturated heterocycles. The van der Waals surface area contributed by atoms with Crippen LogP contribution in [-0.2, 0) is 0 Å². The third-order valence-corrected chi connectivity index (χ3v) is 11.4. The van der Waals surface area contributed by atoms with Crippen LogP contribution >= 0.6 is 0 Å². The van der Waals surface area contributed by atoms with Gasteiger partial charge in [0.25, 0.3) is 0 Å². The van der Waals surface area contributed by atoms with Crippen LogP contribution < -0.4 is 0 Å². The van der Waals surface area contributed by atoms with Gasteiger partial charge in [0.05, 0.1) is 70.4 Å². The highest BCUT2D eigenvalue weighted by molar-refractivity contribution is 6.13. The van der Waals surface area contributed by atoms with Gasteiger partial charge in [-0.25, -0.2) is 9.69 Å². The van der Waals surface area contributed by atoms with Crippen molar-refractivity contribution >= 4 is 55.0 Å². The summed E-state index contributed by atoms with van der Waals surface area (Å²) in [7, 11) is 0. The van der Waals surface area contributed by atoms with Gasteiger partial charge in [-0.1, -0.05) is 66.2 Å². The molecule has 0 aliphatic carbocycles. The lowest BCUT2D eigenvalue weighted by Gasteiger charge is -2.19. The quantitative estimate of drug-likeness (QED) is 0.163. The summed E-state index contributed by atoms with van der Waals surface area (Å²) in [5.41, 5.74) is 14.4. The number of fused-ring (bicyclic) bond motifs is 6. The van der Waals surface area contributed by atoms with E-state index in [-0.39, 0.29) is 0 Å². The van der Waals surface area contributed by atoms with E-state index in [1.807, 2.05) is 78.9 Å². The van der Waals surface area contributed by atoms with Crippen LogP contribution in [0.3, 0.4) is 0 Å². The van der Waals surface area contributed by atoms with Gasteiger partial charge in [0.2, 0.25) is 0 Å². The molecular formula is C54H29N7. The van der Waals surface area contributed by atoms with Crippen LogP contribution in [0.5, 0.6) is 0 Å². The van der Waals surface area contributed by atoms with Gasteiger partial charge in [-0.15, -0.1) is 0 Å². The van der Waals surface area contributed by atoms with Crippen LogP contribution in [0.1, 0.15) is 22.3 Å². The molecule has 8 aromatic carbocycles. The smallest absolute Gasteiger partial charge is 0.189 e. The minimum absolute atomic E-state index is 0.410. The highest BCUT2D eigenvalue weighted by Gasteiger charge is 2.22. The Morgan fingerprint density at radius 3 is 1.44 bits per heavy atom. The Labute approximate surface area is 351 Å². The van der Waals surface area contributed by atoms with Crippen LogP contribution in [0.4, 0.5) is 11.4 Å². The third-order valence-electron chi connectivity index (χ3n) is 11.4. The summed E-state index contributed by atoms with van der Waals surface area (Å²) in [5.74, 6) is 0. The molecule has 0 amide bonds. The Morgan fingerprint density at radius 1 is 0.410 bits per heavy atom. The van der Waals surface area contributed by atoms with Crippen molar-refractivity contribution in [2.75, 3.05) is 0 Å². The molecule has 0 unspecified atom stereocenters. The van der Waals surface area contributed by atoms with E-state index in [9.17, 15) is 15.8 Å². The number of hydrogen-bond donors (Lipinski definition) is 0. The molecule has 0 N–H and O–H groups in total. The molecular weight excluding hydrogens is 747 g/mol. The lowest BCUT2D eigenvalue weighted by Crippen LogP contribution is -2.02. The van der Waals surface area contributed by atoms with Crippen LogP contribution in [0.2, 0.25) is 0 Å². The van der Waals surface area contributed by atoms with Gasteiger partial charge in [0.15, 0.2) is 11.4 Å². The first-order valence-electron chi connectivity index (χ1n) is 19.5. The number of rotatable bonds is 5. The van der Waals surface area contributed by atoms with Crippen molar-refractivity contribution in [3.05, 3.63) is 203 Å². The molecule has 0 aliphatic rings. The van der Waals surface area contributed by atoms with E-state index in [0.717, 1.165) is 93.9 Å². The molecule has 10 rings (SSSR count). The second kappa shape index (κ2) is 14.3. The van der Waals surface area contributed by atoms with Gasteiger partial charge in [0.1, 0.15) is 0 Å². The summed E-state index contributed by atoms with van der Waals surface area (Å²) < 4.78 is 4.53. The molecule has 7 nitrogen and oxygen atoms in total. The normalized spacial score (nSPS) is 11.0. The molecule has 61 heavy (non-hydrogen) atoms. The molecule has 0 spiro atoms. The largest absolute Gasteiger partial charge is 0.309 e. The van der Waals surface area contributed by atoms with Crippen molar-refractivity contribution in [2.24, 2.45) is 0 Å². The van der Waals surface area contributed by atoms with E-state index in [0.29, 0.717) is 28.1 Å². The minimum atomic E-state index is 0.410. The highest BCUT2D eigenvalue weighted by Crippen LogP contribution is 2.43. The lowest BCUT2D eigenvalue weighted by molar-refractivity contribution is 1.15. The second-order valence-corrected chi connectivity index (χ2v) is 15.0. The Balaban J connectivity index is 1.22. The Kier molecular flexibility index (Phi) is 8.49. The second-order valence-electron chi connectivity index (χ2n) is 15.0. The van der Waals surface area contributed by atoms with Crippen LogP contribution in [0, 0.1) is 54.1 Å². The fourth-order valence-corrected chi connectivity index (χ4v) is 8.71. The molecule has 0 fully saturated rings. The fraction of sp³-hybridized carbons (Fsp3) is 0.0185. The predicted octanol–water partition coefficient (Wildman–Crippen LogP) is 13.9. The summed E-state index contributed by atoms with van der Waals surface area (Å²) in [6, 6.07) is 58.8. The SMILES string of the molecule is [C-]#[N+]c1cc(C#N)cc(-c2ccc3c(c2)c2ccccc2n3-c2ccc(C)cc2-c2ccc(C#N)cc2-n2c3ccccc3c3cc(-c4cc(C#N)cc([N+]#[C-])c4)ccc32)c1. The molecule has 0 atom stereocenters. The molecule has 10 aromatic rings. The van der Waals surface area contributed by atoms with Gasteiger partial charge in [-0.3, -0.25) is 0 Å². The summed E-state index contributed by atoms with van der Waals surface area (Å²) in [4.78, 5) is 7.24. The van der Waals surface area contributed by atoms with Crippen molar-refractivity contribution < 1.29 is 0 Å². The van der Waals surface area contributed by atoms with E-state index < -0.39 is 0 Å². The van der Waals surface area contributed by atoms with E-state index in [2.05, 4.69) is 111 Å². The van der Waals surface area contributed by atoms with Crippen molar-refractivity contribution in [1.29, 1.82) is 15.8 Å². The van der Waals surface area contributed by atoms with Crippen LogP contribution in [0.25, 0.3) is 98.1 Å². The predicted molar refractivity (Wildman–Crippen MR) is 243 cm³/mol. The van der Waals surface area contributed by atoms with Gasteiger partial charge >= 0.3 is 0 Å². The topological polar surface area (TPSA) is 90.0 Å². The van der Waals surface area contributed by atoms with Gasteiger partial charge in [0, 0.05) is 43.8 Å². The van der Waals surface area contributed by atoms with Crippen molar-refractivity contribution in [3.63, 3.8) is 0 Å². The molecule has 7 heteroatoms. The van der Waals surface area contributed by atoms with E-state index in [4.69, 9.17) is 13.1 Å². The van der Waals surface area contributed by atoms with Gasteiger partial charge < -0.3 is 9.13 Å². The summed E-state index contributed by atoms with van der Waals surface area (Å²) >= 11 is 0. The molecule has 2 aromatic heterocycles. The van der Waals surface area contributed by atoms with Crippen molar-refractivity contribution in [2.45, 2.75) is 6.92 Å². The Hall–Kier alpha value is -9.19. The summed E-state index contributed by atoms with van der Waals surface area (Å²) in [6.45, 7) is 17.3. The number of nitrogens with zero attached hydrogens (tertiary/aromatic N) is 7. The molecule has 2 heterocycles. The average Bonchev–Trinajstić information content (AvgIpc) is 3.83. The number of aromatic nitrogens is 2. The zero-order valence-electron chi connectivity index (χ0n) is 32.6. The highest BCUT2D eigenvalue weighted by atomic mass is 15.0. The maximum Gasteiger partial charge on any atom is 0.189 e. The number of nitriles is 3. The number of hydrogen-bond acceptors (Lipinski definition) is 3. The summed E-state index contributed by atoms with van der Waals surface area (Å²) in [6.07, 6.45) is 0. The lowest BCUT2D eigenvalue weighted by atomic mass is 9.97. The summed E-state index contributed by atoms with van der Waals surface area (Å²) in [5, 5.41) is 33.9. The van der Waals surface area contributed by atoms with E-state index >= 15 is 0 Å². The molecule has 0 saturated carbocycles. The molecule has 280 valence electrons. The first kappa shape index (κ1) is 36.2. The van der Waals surface area contributed by atoms with Gasteiger partial charge in [-0.05, 0) is 126 Å². The maximum absolute atomic E-state index is 10.3. The maximum atomic E-state index is 10.3. The third kappa shape index (κ3) is 5.94. The zero-order valence-corrected chi connectivity index (χ0v) is 32.6. The molecule has 0 aliphatic heterocycles. The molecule has 0 radical (unpaired) electrons. The number of para-hydroxylation sites is 2. The zero-order chi connectivity index (χ0) is 41.8. The Morgan fingerprint density at radius 2 is 0.918 bits per heavy atom.